The molecule has 0 aliphatic carbocycles. The molecule has 0 fully saturated rings. The van der Waals surface area contributed by atoms with Crippen LogP contribution in [0, 0.1) is 0 Å². The summed E-state index contributed by atoms with van der Waals surface area (Å²) in [5, 5.41) is 0. The summed E-state index contributed by atoms with van der Waals surface area (Å²) >= 11 is 0. The van der Waals surface area contributed by atoms with Crippen LogP contribution in [-0.4, -0.2) is 33.8 Å². The lowest BCUT2D eigenvalue weighted by Gasteiger charge is -2.15. The predicted octanol–water partition coefficient (Wildman–Crippen LogP) is 3.36. The van der Waals surface area contributed by atoms with Gasteiger partial charge in [0, 0.05) is 19.7 Å². The van der Waals surface area contributed by atoms with Crippen molar-refractivity contribution < 1.29 is 19.0 Å². The van der Waals surface area contributed by atoms with E-state index in [1.165, 1.54) is 0 Å². The smallest absolute Gasteiger partial charge is 0.231 e. The number of nitrogens with two attached hydrogens (primary N) is 1. The number of nitrogen functional groups attached to an aromatic ring is 1. The molecule has 0 bridgehead atoms. The Hall–Kier alpha value is -3.15. The highest BCUT2D eigenvalue weighted by Crippen LogP contribution is 2.42. The molecule has 1 aliphatic rings. The molecule has 1 aliphatic heterocycles. The molecule has 6 nitrogen and oxygen atoms in total. The molecule has 2 aromatic rings. The van der Waals surface area contributed by atoms with Crippen molar-refractivity contribution in [1.82, 2.24) is 0 Å². The quantitative estimate of drug-likeness (QED) is 0.504. The van der Waals surface area contributed by atoms with E-state index in [1.54, 1.807) is 32.2 Å². The van der Waals surface area contributed by atoms with Gasteiger partial charge in [0.05, 0.1) is 18.5 Å². The van der Waals surface area contributed by atoms with Gasteiger partial charge in [-0.15, -0.1) is 0 Å². The average Bonchev–Trinajstić information content (AvgIpc) is 3.08. The van der Waals surface area contributed by atoms with E-state index in [4.69, 9.17) is 19.9 Å². The highest BCUT2D eigenvalue weighted by molar-refractivity contribution is 6.11. The summed E-state index contributed by atoms with van der Waals surface area (Å²) in [5.74, 6) is 1.68. The number of ether oxygens (including phenoxy) is 3. The van der Waals surface area contributed by atoms with Gasteiger partial charge in [-0.05, 0) is 54.5 Å². The number of hydrogen-bond donors (Lipinski definition) is 1. The van der Waals surface area contributed by atoms with Gasteiger partial charge in [-0.1, -0.05) is 0 Å². The molecule has 0 amide bonds. The lowest BCUT2D eigenvalue weighted by molar-refractivity contribution is 0.103. The zero-order chi connectivity index (χ0) is 18.8. The third-order valence-electron chi connectivity index (χ3n) is 4.19. The van der Waals surface area contributed by atoms with E-state index in [2.05, 4.69) is 0 Å². The van der Waals surface area contributed by atoms with Crippen molar-refractivity contribution in [2.75, 3.05) is 38.6 Å². The summed E-state index contributed by atoms with van der Waals surface area (Å²) in [6.45, 7) is 1.93. The van der Waals surface area contributed by atoms with Crippen molar-refractivity contribution in [2.45, 2.75) is 6.92 Å². The number of anilines is 2. The molecule has 0 aromatic heterocycles. The Bertz CT molecular complexity index is 888. The normalized spacial score (nSPS) is 12.8. The number of ketones is 1. The van der Waals surface area contributed by atoms with Crippen molar-refractivity contribution in [3.63, 3.8) is 0 Å². The van der Waals surface area contributed by atoms with Crippen LogP contribution in [-0.2, 0) is 0 Å². The first-order valence-electron chi connectivity index (χ1n) is 8.18. The predicted molar refractivity (Wildman–Crippen MR) is 102 cm³/mol. The van der Waals surface area contributed by atoms with Gasteiger partial charge in [-0.25, -0.2) is 0 Å². The van der Waals surface area contributed by atoms with Crippen LogP contribution in [0.1, 0.15) is 22.8 Å². The maximum Gasteiger partial charge on any atom is 0.231 e. The molecule has 6 heteroatoms. The van der Waals surface area contributed by atoms with Gasteiger partial charge in [0.25, 0.3) is 0 Å². The highest BCUT2D eigenvalue weighted by Gasteiger charge is 2.20. The second-order valence-corrected chi connectivity index (χ2v) is 6.28. The molecular weight excluding hydrogens is 332 g/mol. The van der Waals surface area contributed by atoms with Crippen LogP contribution < -0.4 is 24.8 Å². The second-order valence-electron chi connectivity index (χ2n) is 6.28. The molecule has 0 spiro atoms. The van der Waals surface area contributed by atoms with E-state index >= 15 is 0 Å². The van der Waals surface area contributed by atoms with Crippen LogP contribution in [0.4, 0.5) is 11.4 Å². The van der Waals surface area contributed by atoms with E-state index < -0.39 is 0 Å². The number of Topliss-reactive ketones (excluding diaryl/α,β-unsaturated/α-hetero) is 1. The molecule has 26 heavy (non-hydrogen) atoms. The molecule has 136 valence electrons. The van der Waals surface area contributed by atoms with E-state index in [-0.39, 0.29) is 12.6 Å². The number of allylic oxidation sites excluding steroid dienone is 1. The summed E-state index contributed by atoms with van der Waals surface area (Å²) in [4.78, 5) is 14.7. The Labute approximate surface area is 152 Å². The van der Waals surface area contributed by atoms with Crippen molar-refractivity contribution in [3.8, 4) is 17.2 Å². The monoisotopic (exact) mass is 354 g/mol. The number of fused-ring (bicyclic) bond motifs is 1. The van der Waals surface area contributed by atoms with Gasteiger partial charge in [0.2, 0.25) is 12.5 Å². The van der Waals surface area contributed by atoms with Crippen LogP contribution in [0.3, 0.4) is 0 Å². The minimum absolute atomic E-state index is 0.0846. The molecule has 0 radical (unpaired) electrons. The zero-order valence-electron chi connectivity index (χ0n) is 15.3. The number of nitrogens with zero attached hydrogens (tertiary/aromatic N) is 1. The Morgan fingerprint density at radius 3 is 2.65 bits per heavy atom. The molecular formula is C20H22N2O4. The Morgan fingerprint density at radius 2 is 2.00 bits per heavy atom. The van der Waals surface area contributed by atoms with Gasteiger partial charge in [0.1, 0.15) is 0 Å². The van der Waals surface area contributed by atoms with E-state index in [0.29, 0.717) is 34.1 Å². The topological polar surface area (TPSA) is 74.0 Å². The van der Waals surface area contributed by atoms with E-state index in [0.717, 1.165) is 11.3 Å². The number of carbonyl (C=O) groups excluding carboxylic acids is 1. The molecule has 0 saturated carbocycles. The van der Waals surface area contributed by atoms with Gasteiger partial charge >= 0.3 is 0 Å². The molecule has 2 aromatic carbocycles. The van der Waals surface area contributed by atoms with E-state index in [1.807, 2.05) is 37.2 Å². The highest BCUT2D eigenvalue weighted by atomic mass is 16.7. The fourth-order valence-electron chi connectivity index (χ4n) is 2.88. The van der Waals surface area contributed by atoms with Crippen molar-refractivity contribution in [2.24, 2.45) is 0 Å². The number of rotatable bonds is 5. The number of hydrogen-bond acceptors (Lipinski definition) is 6. The standard InChI is InChI=1S/C20H22N2O4/c1-12(19(23)14-5-6-16(22(2)3)15(21)10-14)7-13-8-17(24-4)20-18(9-13)25-11-26-20/h5-10H,11,21H2,1-4H3/b12-7+. The maximum atomic E-state index is 12.7. The van der Waals surface area contributed by atoms with Crippen LogP contribution in [0.25, 0.3) is 6.08 Å². The first-order chi connectivity index (χ1) is 12.4. The zero-order valence-corrected chi connectivity index (χ0v) is 15.3. The Balaban J connectivity index is 1.90. The fourth-order valence-corrected chi connectivity index (χ4v) is 2.88. The first-order valence-corrected chi connectivity index (χ1v) is 8.18. The summed E-state index contributed by atoms with van der Waals surface area (Å²) in [5.41, 5.74) is 9.44. The summed E-state index contributed by atoms with van der Waals surface area (Å²) in [7, 11) is 5.38. The largest absolute Gasteiger partial charge is 0.493 e. The molecule has 1 heterocycles. The van der Waals surface area contributed by atoms with Gasteiger partial charge in [-0.2, -0.15) is 0 Å². The Morgan fingerprint density at radius 1 is 1.23 bits per heavy atom. The summed E-state index contributed by atoms with van der Waals surface area (Å²) in [6, 6.07) is 8.97. The van der Waals surface area contributed by atoms with Gasteiger partial charge < -0.3 is 24.8 Å². The van der Waals surface area contributed by atoms with Crippen LogP contribution in [0.2, 0.25) is 0 Å². The fraction of sp³-hybridized carbons (Fsp3) is 0.250. The molecule has 0 atom stereocenters. The summed E-state index contributed by atoms with van der Waals surface area (Å²) in [6.07, 6.45) is 1.79. The first kappa shape index (κ1) is 17.7. The van der Waals surface area contributed by atoms with Gasteiger partial charge in [-0.3, -0.25) is 4.79 Å². The number of methoxy groups -OCH3 is 1. The minimum atomic E-state index is -0.0846. The van der Waals surface area contributed by atoms with Crippen molar-refractivity contribution in [3.05, 3.63) is 47.0 Å². The molecule has 2 N–H and O–H groups in total. The van der Waals surface area contributed by atoms with Crippen molar-refractivity contribution in [1.29, 1.82) is 0 Å². The van der Waals surface area contributed by atoms with E-state index in [9.17, 15) is 4.79 Å². The third kappa shape index (κ3) is 3.31. The lowest BCUT2D eigenvalue weighted by Crippen LogP contribution is -2.12. The van der Waals surface area contributed by atoms with Crippen LogP contribution in [0.15, 0.2) is 35.9 Å². The van der Waals surface area contributed by atoms with Crippen LogP contribution >= 0.6 is 0 Å². The average molecular weight is 354 g/mol. The second kappa shape index (κ2) is 7.00. The minimum Gasteiger partial charge on any atom is -0.493 e. The maximum absolute atomic E-state index is 12.7. The molecule has 0 unspecified atom stereocenters. The molecule has 0 saturated heterocycles. The van der Waals surface area contributed by atoms with Crippen molar-refractivity contribution >= 4 is 23.2 Å². The molecule has 3 rings (SSSR count). The Kier molecular flexibility index (Phi) is 4.75. The summed E-state index contributed by atoms with van der Waals surface area (Å²) < 4.78 is 16.1. The third-order valence-corrected chi connectivity index (χ3v) is 4.19. The van der Waals surface area contributed by atoms with Gasteiger partial charge in [0.15, 0.2) is 17.3 Å². The number of benzene rings is 2. The number of carbonyl (C=O) groups is 1. The SMILES string of the molecule is COc1cc(/C=C(\C)C(=O)c2ccc(N(C)C)c(N)c2)cc2c1OCO2. The van der Waals surface area contributed by atoms with Crippen LogP contribution in [0.5, 0.6) is 17.2 Å². The lowest BCUT2D eigenvalue weighted by atomic mass is 10.0.